The SMILES string of the molecule is COc1cc(OS(=O)(=O)C(F)(F)F)cc2c1C(=O)C1=C(C2=O)[C@H]2OC(=O)C[C@H]2O[C@]1(C)O. The number of hydrogen-bond acceptors (Lipinski definition) is 10. The van der Waals surface area contributed by atoms with E-state index < -0.39 is 84.9 Å². The Bertz CT molecular complexity index is 1210. The van der Waals surface area contributed by atoms with Crippen molar-refractivity contribution in [3.05, 3.63) is 34.4 Å². The molecule has 0 bridgehead atoms. The smallest absolute Gasteiger partial charge is 0.496 e. The number of carbonyl (C=O) groups excluding carboxylic acids is 3. The molecule has 1 aromatic carbocycles. The molecule has 1 fully saturated rings. The van der Waals surface area contributed by atoms with Gasteiger partial charge >= 0.3 is 21.6 Å². The second-order valence-corrected chi connectivity index (χ2v) is 8.77. The van der Waals surface area contributed by atoms with Crippen molar-refractivity contribution in [1.82, 2.24) is 0 Å². The van der Waals surface area contributed by atoms with Crippen molar-refractivity contribution >= 4 is 27.7 Å². The third-order valence-electron chi connectivity index (χ3n) is 5.09. The first-order valence-corrected chi connectivity index (χ1v) is 10.2. The Morgan fingerprint density at radius 3 is 2.44 bits per heavy atom. The molecule has 14 heteroatoms. The number of carbonyl (C=O) groups is 3. The number of ether oxygens (including phenoxy) is 3. The van der Waals surface area contributed by atoms with Gasteiger partial charge in [-0.05, 0) is 13.0 Å². The number of alkyl halides is 3. The van der Waals surface area contributed by atoms with Gasteiger partial charge in [0.1, 0.15) is 17.6 Å². The standard InChI is InChI=1S/C18H13F3O10S/c1-17(25)13-12(16-9(30-17)5-10(22)29-16)14(23)7-3-6(31-32(26,27)18(19,20)21)4-8(28-2)11(7)15(13)24/h3-4,9,16,25H,5H2,1-2H3/t9-,16+,17+/m1/s1. The van der Waals surface area contributed by atoms with Crippen LogP contribution < -0.4 is 8.92 Å². The van der Waals surface area contributed by atoms with E-state index in [2.05, 4.69) is 4.18 Å². The van der Waals surface area contributed by atoms with Gasteiger partial charge in [-0.2, -0.15) is 21.6 Å². The number of benzene rings is 1. The lowest BCUT2D eigenvalue weighted by molar-refractivity contribution is -0.206. The molecule has 1 saturated heterocycles. The summed E-state index contributed by atoms with van der Waals surface area (Å²) >= 11 is 0. The van der Waals surface area contributed by atoms with Crippen molar-refractivity contribution in [2.75, 3.05) is 7.11 Å². The van der Waals surface area contributed by atoms with Gasteiger partial charge < -0.3 is 23.5 Å². The number of halogens is 3. The molecule has 0 saturated carbocycles. The highest BCUT2D eigenvalue weighted by atomic mass is 32.2. The molecule has 32 heavy (non-hydrogen) atoms. The molecule has 2 heterocycles. The van der Waals surface area contributed by atoms with Gasteiger partial charge in [-0.25, -0.2) is 0 Å². The third-order valence-corrected chi connectivity index (χ3v) is 6.07. The molecule has 4 rings (SSSR count). The molecule has 3 atom stereocenters. The van der Waals surface area contributed by atoms with Gasteiger partial charge in [-0.3, -0.25) is 14.4 Å². The van der Waals surface area contributed by atoms with Gasteiger partial charge in [0.2, 0.25) is 0 Å². The van der Waals surface area contributed by atoms with E-state index in [9.17, 15) is 41.1 Å². The summed E-state index contributed by atoms with van der Waals surface area (Å²) in [5, 5.41) is 10.7. The fourth-order valence-electron chi connectivity index (χ4n) is 3.86. The van der Waals surface area contributed by atoms with E-state index in [1.165, 1.54) is 0 Å². The van der Waals surface area contributed by atoms with Gasteiger partial charge in [-0.15, -0.1) is 0 Å². The second-order valence-electron chi connectivity index (χ2n) is 7.23. The van der Waals surface area contributed by atoms with Gasteiger partial charge in [0.15, 0.2) is 23.5 Å². The minimum absolute atomic E-state index is 0.317. The average molecular weight is 478 g/mol. The van der Waals surface area contributed by atoms with Crippen LogP contribution in [-0.2, 0) is 24.4 Å². The zero-order chi connectivity index (χ0) is 23.8. The molecule has 3 aliphatic rings. The van der Waals surface area contributed by atoms with Crippen LogP contribution in [0.4, 0.5) is 13.2 Å². The molecule has 1 aromatic rings. The quantitative estimate of drug-likeness (QED) is 0.380. The lowest BCUT2D eigenvalue weighted by Gasteiger charge is -2.40. The zero-order valence-electron chi connectivity index (χ0n) is 16.2. The summed E-state index contributed by atoms with van der Waals surface area (Å²) in [7, 11) is -5.07. The number of aliphatic hydroxyl groups is 1. The first-order chi connectivity index (χ1) is 14.7. The van der Waals surface area contributed by atoms with E-state index in [1.807, 2.05) is 0 Å². The molecular weight excluding hydrogens is 465 g/mol. The number of methoxy groups -OCH3 is 1. The summed E-state index contributed by atoms with van der Waals surface area (Å²) in [6.45, 7) is 1.08. The fourth-order valence-corrected chi connectivity index (χ4v) is 4.31. The predicted molar refractivity (Wildman–Crippen MR) is 94.3 cm³/mol. The normalized spacial score (nSPS) is 27.5. The summed E-state index contributed by atoms with van der Waals surface area (Å²) in [6.07, 6.45) is -2.76. The molecule has 0 amide bonds. The highest BCUT2D eigenvalue weighted by Gasteiger charge is 2.56. The van der Waals surface area contributed by atoms with Crippen molar-refractivity contribution in [3.8, 4) is 11.5 Å². The van der Waals surface area contributed by atoms with Crippen LogP contribution in [0, 0.1) is 0 Å². The van der Waals surface area contributed by atoms with Crippen LogP contribution >= 0.6 is 0 Å². The predicted octanol–water partition coefficient (Wildman–Crippen LogP) is 1.02. The number of esters is 1. The van der Waals surface area contributed by atoms with E-state index in [0.29, 0.717) is 12.1 Å². The second kappa shape index (κ2) is 6.76. The van der Waals surface area contributed by atoms with Crippen molar-refractivity contribution < 1.29 is 59.5 Å². The van der Waals surface area contributed by atoms with Crippen LogP contribution in [0.3, 0.4) is 0 Å². The minimum atomic E-state index is -6.09. The Labute approximate surface area is 177 Å². The van der Waals surface area contributed by atoms with Crippen LogP contribution in [0.15, 0.2) is 23.3 Å². The lowest BCUT2D eigenvalue weighted by atomic mass is 9.76. The molecular formula is C18H13F3O10S. The van der Waals surface area contributed by atoms with Gasteiger partial charge in [-0.1, -0.05) is 0 Å². The van der Waals surface area contributed by atoms with Crippen molar-refractivity contribution in [2.45, 2.75) is 36.8 Å². The molecule has 2 aliphatic heterocycles. The lowest BCUT2D eigenvalue weighted by Crippen LogP contribution is -2.51. The molecule has 0 radical (unpaired) electrons. The van der Waals surface area contributed by atoms with E-state index in [0.717, 1.165) is 14.0 Å². The van der Waals surface area contributed by atoms with E-state index in [1.54, 1.807) is 0 Å². The highest BCUT2D eigenvalue weighted by Crippen LogP contribution is 2.46. The summed E-state index contributed by atoms with van der Waals surface area (Å²) in [5.74, 6) is -6.47. The Kier molecular flexibility index (Phi) is 4.70. The molecule has 0 aromatic heterocycles. The van der Waals surface area contributed by atoms with Crippen LogP contribution in [0.5, 0.6) is 11.5 Å². The number of Topliss-reactive ketones (excluding diaryl/α,β-unsaturated/α-hetero) is 2. The van der Waals surface area contributed by atoms with E-state index >= 15 is 0 Å². The number of rotatable bonds is 3. The molecule has 0 spiro atoms. The van der Waals surface area contributed by atoms with Crippen LogP contribution in [0.2, 0.25) is 0 Å². The maximum atomic E-state index is 13.3. The zero-order valence-corrected chi connectivity index (χ0v) is 17.0. The van der Waals surface area contributed by atoms with E-state index in [4.69, 9.17) is 14.2 Å². The van der Waals surface area contributed by atoms with Crippen molar-refractivity contribution in [2.24, 2.45) is 0 Å². The molecule has 172 valence electrons. The topological polar surface area (TPSA) is 143 Å². The largest absolute Gasteiger partial charge is 0.534 e. The summed E-state index contributed by atoms with van der Waals surface area (Å²) in [4.78, 5) is 38.2. The Morgan fingerprint density at radius 1 is 1.19 bits per heavy atom. The first-order valence-electron chi connectivity index (χ1n) is 8.84. The summed E-state index contributed by atoms with van der Waals surface area (Å²) < 4.78 is 80.3. The van der Waals surface area contributed by atoms with Gasteiger partial charge in [0.05, 0.1) is 30.2 Å². The van der Waals surface area contributed by atoms with Crippen LogP contribution in [0.25, 0.3) is 0 Å². The van der Waals surface area contributed by atoms with Crippen LogP contribution in [-0.4, -0.2) is 61.7 Å². The van der Waals surface area contributed by atoms with Crippen molar-refractivity contribution in [3.63, 3.8) is 0 Å². The highest BCUT2D eigenvalue weighted by molar-refractivity contribution is 7.88. The van der Waals surface area contributed by atoms with E-state index in [-0.39, 0.29) is 6.42 Å². The third kappa shape index (κ3) is 3.17. The monoisotopic (exact) mass is 478 g/mol. The molecule has 1 aliphatic carbocycles. The number of hydrogen-bond donors (Lipinski definition) is 1. The fraction of sp³-hybridized carbons (Fsp3) is 0.389. The number of ketones is 2. The summed E-state index contributed by atoms with van der Waals surface area (Å²) in [6, 6.07) is 1.30. The average Bonchev–Trinajstić information content (AvgIpc) is 3.01. The molecule has 10 nitrogen and oxygen atoms in total. The Morgan fingerprint density at radius 2 is 1.84 bits per heavy atom. The molecule has 0 unspecified atom stereocenters. The Balaban J connectivity index is 1.90. The van der Waals surface area contributed by atoms with Gasteiger partial charge in [0.25, 0.3) is 0 Å². The maximum absolute atomic E-state index is 13.3. The number of fused-ring (bicyclic) bond motifs is 3. The Hall–Kier alpha value is -2.97. The van der Waals surface area contributed by atoms with Gasteiger partial charge in [0, 0.05) is 11.6 Å². The maximum Gasteiger partial charge on any atom is 0.534 e. The van der Waals surface area contributed by atoms with Crippen molar-refractivity contribution in [1.29, 1.82) is 0 Å². The first kappa shape index (κ1) is 22.2. The molecule has 1 N–H and O–H groups in total. The van der Waals surface area contributed by atoms with Crippen LogP contribution in [0.1, 0.15) is 34.1 Å². The summed E-state index contributed by atoms with van der Waals surface area (Å²) in [5.41, 5.74) is -7.72. The minimum Gasteiger partial charge on any atom is -0.496 e.